The van der Waals surface area contributed by atoms with E-state index in [1.807, 2.05) is 13.0 Å². The lowest BCUT2D eigenvalue weighted by Gasteiger charge is -2.30. The molecule has 7 nitrogen and oxygen atoms in total. The lowest BCUT2D eigenvalue weighted by molar-refractivity contribution is 0.424. The monoisotopic (exact) mass is 248 g/mol. The largest absolute Gasteiger partial charge is 0.353 e. The highest BCUT2D eigenvalue weighted by Crippen LogP contribution is 2.18. The van der Waals surface area contributed by atoms with Crippen LogP contribution < -0.4 is 10.2 Å². The molecule has 18 heavy (non-hydrogen) atoms. The van der Waals surface area contributed by atoms with Crippen molar-refractivity contribution in [2.24, 2.45) is 0 Å². The van der Waals surface area contributed by atoms with Gasteiger partial charge in [-0.2, -0.15) is 4.98 Å². The Morgan fingerprint density at radius 1 is 1.50 bits per heavy atom. The molecule has 1 aliphatic rings. The van der Waals surface area contributed by atoms with Crippen molar-refractivity contribution >= 4 is 5.95 Å². The summed E-state index contributed by atoms with van der Waals surface area (Å²) in [6.07, 6.45) is 0. The van der Waals surface area contributed by atoms with Crippen molar-refractivity contribution in [1.29, 1.82) is 0 Å². The number of hydrogen-bond donors (Lipinski definition) is 2. The summed E-state index contributed by atoms with van der Waals surface area (Å²) in [6, 6.07) is 2.29. The summed E-state index contributed by atoms with van der Waals surface area (Å²) in [5.74, 6) is 1.96. The zero-order chi connectivity index (χ0) is 12.5. The Morgan fingerprint density at radius 3 is 3.11 bits per heavy atom. The molecule has 1 atom stereocenters. The average Bonchev–Trinajstić information content (AvgIpc) is 2.97. The summed E-state index contributed by atoms with van der Waals surface area (Å²) >= 11 is 0. The number of nitrogens with one attached hydrogen (secondary N) is 2. The summed E-state index contributed by atoms with van der Waals surface area (Å²) in [6.45, 7) is 6.80. The van der Waals surface area contributed by atoms with Crippen LogP contribution >= 0.6 is 0 Å². The van der Waals surface area contributed by atoms with Gasteiger partial charge in [0.15, 0.2) is 5.82 Å². The van der Waals surface area contributed by atoms with Gasteiger partial charge in [-0.1, -0.05) is 5.16 Å². The molecule has 96 valence electrons. The van der Waals surface area contributed by atoms with E-state index in [4.69, 9.17) is 4.52 Å². The van der Waals surface area contributed by atoms with Crippen molar-refractivity contribution in [2.45, 2.75) is 19.9 Å². The molecule has 0 aromatic carbocycles. The molecule has 1 saturated heterocycles. The van der Waals surface area contributed by atoms with Crippen molar-refractivity contribution in [1.82, 2.24) is 25.7 Å². The van der Waals surface area contributed by atoms with Crippen LogP contribution in [-0.2, 0) is 0 Å². The first-order valence-electron chi connectivity index (χ1n) is 6.07. The maximum atomic E-state index is 5.16. The van der Waals surface area contributed by atoms with Gasteiger partial charge in [0.1, 0.15) is 0 Å². The van der Waals surface area contributed by atoms with Crippen LogP contribution in [0, 0.1) is 6.92 Å². The highest BCUT2D eigenvalue weighted by molar-refractivity contribution is 5.49. The maximum absolute atomic E-state index is 5.16. The summed E-state index contributed by atoms with van der Waals surface area (Å²) in [5, 5.41) is 14.4. The Balaban J connectivity index is 1.80. The number of anilines is 1. The van der Waals surface area contributed by atoms with Crippen LogP contribution in [0.15, 0.2) is 10.6 Å². The van der Waals surface area contributed by atoms with Gasteiger partial charge in [-0.3, -0.25) is 5.10 Å². The fraction of sp³-hybridized carbons (Fsp3) is 0.545. The van der Waals surface area contributed by atoms with E-state index in [-0.39, 0.29) is 0 Å². The minimum absolute atomic E-state index is 0.452. The minimum atomic E-state index is 0.452. The van der Waals surface area contributed by atoms with Gasteiger partial charge in [0.2, 0.25) is 11.7 Å². The molecule has 0 amide bonds. The number of rotatable bonds is 2. The Bertz CT molecular complexity index is 533. The van der Waals surface area contributed by atoms with E-state index in [0.29, 0.717) is 23.6 Å². The normalized spacial score (nSPS) is 20.3. The number of hydrogen-bond acceptors (Lipinski definition) is 6. The quantitative estimate of drug-likeness (QED) is 0.808. The predicted octanol–water partition coefficient (Wildman–Crippen LogP) is 0.566. The third-order valence-electron chi connectivity index (χ3n) is 2.99. The van der Waals surface area contributed by atoms with Crippen LogP contribution in [0.4, 0.5) is 5.95 Å². The van der Waals surface area contributed by atoms with Crippen molar-refractivity contribution < 1.29 is 4.52 Å². The number of nitrogens with zero attached hydrogens (tertiary/aromatic N) is 4. The Hall–Kier alpha value is -1.89. The zero-order valence-corrected chi connectivity index (χ0v) is 10.5. The zero-order valence-electron chi connectivity index (χ0n) is 10.5. The van der Waals surface area contributed by atoms with Gasteiger partial charge < -0.3 is 14.7 Å². The molecular formula is C11H16N6O. The van der Waals surface area contributed by atoms with Gasteiger partial charge in [0.25, 0.3) is 0 Å². The molecule has 0 saturated carbocycles. The number of piperazine rings is 1. The van der Waals surface area contributed by atoms with Crippen molar-refractivity contribution in [3.05, 3.63) is 11.8 Å². The first-order valence-corrected chi connectivity index (χ1v) is 6.07. The molecular weight excluding hydrogens is 232 g/mol. The summed E-state index contributed by atoms with van der Waals surface area (Å²) in [7, 11) is 0. The third kappa shape index (κ3) is 2.08. The molecule has 1 fully saturated rings. The molecule has 0 aliphatic carbocycles. The van der Waals surface area contributed by atoms with Gasteiger partial charge in [0.05, 0.1) is 5.69 Å². The van der Waals surface area contributed by atoms with E-state index in [0.717, 1.165) is 25.3 Å². The van der Waals surface area contributed by atoms with Crippen LogP contribution in [0.3, 0.4) is 0 Å². The predicted molar refractivity (Wildman–Crippen MR) is 66.3 cm³/mol. The van der Waals surface area contributed by atoms with Gasteiger partial charge in [-0.05, 0) is 13.8 Å². The van der Waals surface area contributed by atoms with Crippen LogP contribution in [0.2, 0.25) is 0 Å². The van der Waals surface area contributed by atoms with E-state index in [1.54, 1.807) is 0 Å². The SMILES string of the molecule is Cc1cc(-c2nc(N3CCNC(C)C3)n[nH]2)on1. The summed E-state index contributed by atoms with van der Waals surface area (Å²) in [4.78, 5) is 6.61. The topological polar surface area (TPSA) is 82.9 Å². The van der Waals surface area contributed by atoms with Gasteiger partial charge in [-0.25, -0.2) is 0 Å². The summed E-state index contributed by atoms with van der Waals surface area (Å²) in [5.41, 5.74) is 0.832. The Kier molecular flexibility index (Phi) is 2.75. The maximum Gasteiger partial charge on any atom is 0.245 e. The first-order chi connectivity index (χ1) is 8.72. The van der Waals surface area contributed by atoms with E-state index in [9.17, 15) is 0 Å². The number of aryl methyl sites for hydroxylation is 1. The summed E-state index contributed by atoms with van der Waals surface area (Å²) < 4.78 is 5.16. The van der Waals surface area contributed by atoms with Crippen molar-refractivity contribution in [3.63, 3.8) is 0 Å². The molecule has 1 unspecified atom stereocenters. The molecule has 0 spiro atoms. The molecule has 0 bridgehead atoms. The van der Waals surface area contributed by atoms with Crippen molar-refractivity contribution in [3.8, 4) is 11.6 Å². The minimum Gasteiger partial charge on any atom is -0.353 e. The van der Waals surface area contributed by atoms with Gasteiger partial charge >= 0.3 is 0 Å². The Morgan fingerprint density at radius 2 is 2.39 bits per heavy atom. The molecule has 2 N–H and O–H groups in total. The van der Waals surface area contributed by atoms with E-state index in [2.05, 4.69) is 37.5 Å². The molecule has 2 aromatic rings. The number of H-pyrrole nitrogens is 1. The molecule has 7 heteroatoms. The molecule has 0 radical (unpaired) electrons. The molecule has 2 aromatic heterocycles. The van der Waals surface area contributed by atoms with Crippen molar-refractivity contribution in [2.75, 3.05) is 24.5 Å². The van der Waals surface area contributed by atoms with Gasteiger partial charge in [-0.15, -0.1) is 5.10 Å². The third-order valence-corrected chi connectivity index (χ3v) is 2.99. The molecule has 3 heterocycles. The average molecular weight is 248 g/mol. The lowest BCUT2D eigenvalue weighted by atomic mass is 10.2. The Labute approximate surface area is 105 Å². The van der Waals surface area contributed by atoms with Crippen LogP contribution in [0.1, 0.15) is 12.6 Å². The first kappa shape index (κ1) is 11.2. The van der Waals surface area contributed by atoms with Crippen LogP contribution in [0.25, 0.3) is 11.6 Å². The fourth-order valence-electron chi connectivity index (χ4n) is 2.09. The highest BCUT2D eigenvalue weighted by atomic mass is 16.5. The second-order valence-corrected chi connectivity index (χ2v) is 4.62. The highest BCUT2D eigenvalue weighted by Gasteiger charge is 2.20. The van der Waals surface area contributed by atoms with E-state index in [1.165, 1.54) is 0 Å². The van der Waals surface area contributed by atoms with Gasteiger partial charge in [0, 0.05) is 31.7 Å². The second kappa shape index (κ2) is 4.41. The standard InChI is InChI=1S/C11H16N6O/c1-7-5-9(18-16-7)10-13-11(15-14-10)17-4-3-12-8(2)6-17/h5,8,12H,3-4,6H2,1-2H3,(H,13,14,15). The fourth-order valence-corrected chi connectivity index (χ4v) is 2.09. The van der Waals surface area contributed by atoms with Crippen LogP contribution in [-0.4, -0.2) is 46.0 Å². The second-order valence-electron chi connectivity index (χ2n) is 4.62. The molecule has 1 aliphatic heterocycles. The van der Waals surface area contributed by atoms with E-state index >= 15 is 0 Å². The number of aromatic nitrogens is 4. The van der Waals surface area contributed by atoms with E-state index < -0.39 is 0 Å². The van der Waals surface area contributed by atoms with Crippen LogP contribution in [0.5, 0.6) is 0 Å². The lowest BCUT2D eigenvalue weighted by Crippen LogP contribution is -2.49. The number of aromatic amines is 1. The smallest absolute Gasteiger partial charge is 0.245 e. The molecule has 3 rings (SSSR count).